The molecule has 2 aromatic heterocycles. The number of aromatic nitrogens is 3. The van der Waals surface area contributed by atoms with E-state index in [1.807, 2.05) is 0 Å². The topological polar surface area (TPSA) is 65.0 Å². The van der Waals surface area contributed by atoms with Crippen LogP contribution in [0.5, 0.6) is 0 Å². The van der Waals surface area contributed by atoms with Crippen LogP contribution >= 0.6 is 0 Å². The maximum atomic E-state index is 5.08. The van der Waals surface area contributed by atoms with Crippen LogP contribution < -0.4 is 0 Å². The summed E-state index contributed by atoms with van der Waals surface area (Å²) in [5.74, 6) is 0.902. The van der Waals surface area contributed by atoms with Gasteiger partial charge in [0.1, 0.15) is 6.26 Å². The lowest BCUT2D eigenvalue weighted by Crippen LogP contribution is -1.75. The van der Waals surface area contributed by atoms with Gasteiger partial charge < -0.3 is 8.94 Å². The van der Waals surface area contributed by atoms with Gasteiger partial charge in [0, 0.05) is 13.0 Å². The average Bonchev–Trinajstić information content (AvgIpc) is 2.55. The van der Waals surface area contributed by atoms with Crippen LogP contribution in [0.1, 0.15) is 5.89 Å². The molecule has 5 heteroatoms. The molecule has 0 aliphatic rings. The Morgan fingerprint density at radius 1 is 1.36 bits per heavy atom. The number of nitrogens with zero attached hydrogens (tertiary/aromatic N) is 3. The van der Waals surface area contributed by atoms with Gasteiger partial charge >= 0.3 is 0 Å². The van der Waals surface area contributed by atoms with E-state index in [1.165, 1.54) is 6.26 Å². The molecule has 2 rings (SSSR count). The van der Waals surface area contributed by atoms with Gasteiger partial charge in [0.15, 0.2) is 5.69 Å². The van der Waals surface area contributed by atoms with Gasteiger partial charge in [-0.25, -0.2) is 0 Å². The zero-order valence-electron chi connectivity index (χ0n) is 5.81. The van der Waals surface area contributed by atoms with Crippen molar-refractivity contribution in [2.24, 2.45) is 0 Å². The SMILES string of the molecule is Cc1nnc(-c2ccon2)o1. The molecule has 0 spiro atoms. The van der Waals surface area contributed by atoms with Crippen molar-refractivity contribution in [1.29, 1.82) is 0 Å². The smallest absolute Gasteiger partial charge is 0.269 e. The minimum absolute atomic E-state index is 0.385. The molecule has 0 bridgehead atoms. The van der Waals surface area contributed by atoms with Crippen LogP contribution in [-0.2, 0) is 0 Å². The van der Waals surface area contributed by atoms with Crippen LogP contribution in [0.15, 0.2) is 21.3 Å². The van der Waals surface area contributed by atoms with E-state index in [1.54, 1.807) is 13.0 Å². The Hall–Kier alpha value is -1.65. The normalized spacial score (nSPS) is 10.3. The fraction of sp³-hybridized carbons (Fsp3) is 0.167. The molecule has 2 aromatic rings. The summed E-state index contributed by atoms with van der Waals surface area (Å²) < 4.78 is 9.68. The largest absolute Gasteiger partial charge is 0.420 e. The molecule has 0 aliphatic carbocycles. The molecule has 0 amide bonds. The standard InChI is InChI=1S/C6H5N3O2/c1-4-7-8-6(11-4)5-2-3-10-9-5/h2-3H,1H3. The van der Waals surface area contributed by atoms with Crippen LogP contribution in [0, 0.1) is 6.92 Å². The highest BCUT2D eigenvalue weighted by Gasteiger charge is 2.07. The summed E-state index contributed by atoms with van der Waals surface area (Å²) in [6.07, 6.45) is 1.45. The number of hydrogen-bond acceptors (Lipinski definition) is 5. The third-order valence-corrected chi connectivity index (χ3v) is 1.18. The van der Waals surface area contributed by atoms with Crippen molar-refractivity contribution in [3.05, 3.63) is 18.2 Å². The van der Waals surface area contributed by atoms with Gasteiger partial charge in [-0.05, 0) is 0 Å². The van der Waals surface area contributed by atoms with E-state index in [2.05, 4.69) is 19.9 Å². The van der Waals surface area contributed by atoms with E-state index in [-0.39, 0.29) is 0 Å². The molecule has 0 N–H and O–H groups in total. The average molecular weight is 151 g/mol. The molecule has 0 saturated carbocycles. The van der Waals surface area contributed by atoms with E-state index >= 15 is 0 Å². The van der Waals surface area contributed by atoms with E-state index in [0.29, 0.717) is 17.5 Å². The summed E-state index contributed by atoms with van der Waals surface area (Å²) in [4.78, 5) is 0. The highest BCUT2D eigenvalue weighted by molar-refractivity contribution is 5.43. The highest BCUT2D eigenvalue weighted by Crippen LogP contribution is 2.13. The number of hydrogen-bond donors (Lipinski definition) is 0. The number of aryl methyl sites for hydroxylation is 1. The van der Waals surface area contributed by atoms with E-state index in [4.69, 9.17) is 4.42 Å². The van der Waals surface area contributed by atoms with Crippen molar-refractivity contribution in [1.82, 2.24) is 15.4 Å². The first-order valence-corrected chi connectivity index (χ1v) is 3.07. The van der Waals surface area contributed by atoms with Crippen LogP contribution in [-0.4, -0.2) is 15.4 Å². The second-order valence-corrected chi connectivity index (χ2v) is 2.01. The maximum absolute atomic E-state index is 5.08. The van der Waals surface area contributed by atoms with Crippen molar-refractivity contribution in [3.63, 3.8) is 0 Å². The third-order valence-electron chi connectivity index (χ3n) is 1.18. The maximum Gasteiger partial charge on any atom is 0.269 e. The van der Waals surface area contributed by atoms with Gasteiger partial charge in [0.05, 0.1) is 0 Å². The van der Waals surface area contributed by atoms with Crippen LogP contribution in [0.4, 0.5) is 0 Å². The molecule has 0 fully saturated rings. The first-order chi connectivity index (χ1) is 5.36. The Bertz CT molecular complexity index is 338. The zero-order valence-corrected chi connectivity index (χ0v) is 5.81. The molecule has 0 aliphatic heterocycles. The van der Waals surface area contributed by atoms with Gasteiger partial charge in [0.25, 0.3) is 5.89 Å². The third kappa shape index (κ3) is 1.000. The monoisotopic (exact) mass is 151 g/mol. The van der Waals surface area contributed by atoms with Gasteiger partial charge in [-0.3, -0.25) is 0 Å². The van der Waals surface area contributed by atoms with E-state index in [9.17, 15) is 0 Å². The van der Waals surface area contributed by atoms with Crippen LogP contribution in [0.25, 0.3) is 11.6 Å². The fourth-order valence-corrected chi connectivity index (χ4v) is 0.723. The molecule has 0 saturated heterocycles. The lowest BCUT2D eigenvalue weighted by atomic mass is 10.4. The first-order valence-electron chi connectivity index (χ1n) is 3.07. The molecular formula is C6H5N3O2. The van der Waals surface area contributed by atoms with Gasteiger partial charge in [-0.15, -0.1) is 10.2 Å². The predicted molar refractivity (Wildman–Crippen MR) is 34.5 cm³/mol. The Morgan fingerprint density at radius 2 is 2.27 bits per heavy atom. The van der Waals surface area contributed by atoms with Crippen molar-refractivity contribution < 1.29 is 8.94 Å². The molecular weight excluding hydrogens is 146 g/mol. The lowest BCUT2D eigenvalue weighted by molar-refractivity contribution is 0.418. The second-order valence-electron chi connectivity index (χ2n) is 2.01. The zero-order chi connectivity index (χ0) is 7.68. The summed E-state index contributed by atoms with van der Waals surface area (Å²) in [6, 6.07) is 1.66. The summed E-state index contributed by atoms with van der Waals surface area (Å²) in [7, 11) is 0. The molecule has 0 radical (unpaired) electrons. The van der Waals surface area contributed by atoms with Crippen molar-refractivity contribution >= 4 is 0 Å². The van der Waals surface area contributed by atoms with Gasteiger partial charge in [0.2, 0.25) is 5.89 Å². The predicted octanol–water partition coefficient (Wildman–Crippen LogP) is 1.03. The fourth-order valence-electron chi connectivity index (χ4n) is 0.723. The van der Waals surface area contributed by atoms with Crippen molar-refractivity contribution in [3.8, 4) is 11.6 Å². The lowest BCUT2D eigenvalue weighted by Gasteiger charge is -1.79. The summed E-state index contributed by atoms with van der Waals surface area (Å²) in [5.41, 5.74) is 0.561. The molecule has 0 unspecified atom stereocenters. The highest BCUT2D eigenvalue weighted by atomic mass is 16.5. The van der Waals surface area contributed by atoms with Crippen LogP contribution in [0.3, 0.4) is 0 Å². The first kappa shape index (κ1) is 6.09. The van der Waals surface area contributed by atoms with Crippen molar-refractivity contribution in [2.45, 2.75) is 6.92 Å². The molecule has 56 valence electrons. The molecule has 5 nitrogen and oxygen atoms in total. The molecule has 0 atom stereocenters. The Balaban J connectivity index is 2.45. The minimum atomic E-state index is 0.385. The quantitative estimate of drug-likeness (QED) is 0.609. The van der Waals surface area contributed by atoms with Crippen molar-refractivity contribution in [2.75, 3.05) is 0 Å². The van der Waals surface area contributed by atoms with E-state index < -0.39 is 0 Å². The molecule has 2 heterocycles. The molecule has 0 aromatic carbocycles. The Labute approximate surface area is 62.0 Å². The van der Waals surface area contributed by atoms with E-state index in [0.717, 1.165) is 0 Å². The van der Waals surface area contributed by atoms with Gasteiger partial charge in [-0.1, -0.05) is 5.16 Å². The van der Waals surface area contributed by atoms with Gasteiger partial charge in [-0.2, -0.15) is 0 Å². The van der Waals surface area contributed by atoms with Crippen LogP contribution in [0.2, 0.25) is 0 Å². The minimum Gasteiger partial charge on any atom is -0.420 e. The number of rotatable bonds is 1. The Morgan fingerprint density at radius 3 is 2.82 bits per heavy atom. The summed E-state index contributed by atoms with van der Waals surface area (Å²) in [6.45, 7) is 1.72. The summed E-state index contributed by atoms with van der Waals surface area (Å²) >= 11 is 0. The second kappa shape index (κ2) is 2.19. The Kier molecular flexibility index (Phi) is 1.21. The molecule has 11 heavy (non-hydrogen) atoms. The summed E-state index contributed by atoms with van der Waals surface area (Å²) in [5, 5.41) is 11.0.